The van der Waals surface area contributed by atoms with Gasteiger partial charge in [-0.05, 0) is 66.7 Å². The van der Waals surface area contributed by atoms with E-state index in [4.69, 9.17) is 39.7 Å². The number of ether oxygens (including phenoxy) is 5. The van der Waals surface area contributed by atoms with E-state index in [2.05, 4.69) is 33.9 Å². The van der Waals surface area contributed by atoms with Gasteiger partial charge in [0.25, 0.3) is 0 Å². The van der Waals surface area contributed by atoms with Crippen LogP contribution in [0.3, 0.4) is 0 Å². The van der Waals surface area contributed by atoms with E-state index >= 15 is 0 Å². The van der Waals surface area contributed by atoms with Crippen molar-refractivity contribution in [2.45, 2.75) is 38.9 Å². The molecule has 0 saturated heterocycles. The third-order valence-corrected chi connectivity index (χ3v) is 11.1. The lowest BCUT2D eigenvalue weighted by molar-refractivity contribution is -0.00737. The van der Waals surface area contributed by atoms with Crippen molar-refractivity contribution in [1.82, 2.24) is 0 Å². The highest BCUT2D eigenvalue weighted by Crippen LogP contribution is 2.36. The number of carbonyl (C=O) groups is 1. The van der Waals surface area contributed by atoms with Gasteiger partial charge in [-0.1, -0.05) is 32.4 Å². The van der Waals surface area contributed by atoms with Crippen LogP contribution in [0.2, 0.25) is 23.2 Å². The van der Waals surface area contributed by atoms with Crippen molar-refractivity contribution in [3.05, 3.63) is 64.7 Å². The Morgan fingerprint density at radius 2 is 1.05 bits per heavy atom. The van der Waals surface area contributed by atoms with Crippen LogP contribution in [-0.2, 0) is 23.4 Å². The molecule has 0 N–H and O–H groups in total. The van der Waals surface area contributed by atoms with E-state index in [9.17, 15) is 4.79 Å². The van der Waals surface area contributed by atoms with Crippen LogP contribution in [0.1, 0.15) is 36.7 Å². The summed E-state index contributed by atoms with van der Waals surface area (Å²) in [4.78, 5) is 12.5. The van der Waals surface area contributed by atoms with Crippen LogP contribution in [-0.4, -0.2) is 80.2 Å². The minimum Gasteiger partial charge on any atom is -0.491 e. The number of hydrogen-bond donors (Lipinski definition) is 0. The van der Waals surface area contributed by atoms with Crippen LogP contribution in [0.15, 0.2) is 48.5 Å². The van der Waals surface area contributed by atoms with Crippen LogP contribution >= 0.6 is 11.6 Å². The molecule has 0 spiro atoms. The molecule has 0 fully saturated rings. The lowest BCUT2D eigenvalue weighted by atomic mass is 10.0. The molecule has 0 unspecified atom stereocenters. The van der Waals surface area contributed by atoms with Crippen molar-refractivity contribution in [2.75, 3.05) is 66.1 Å². The topological polar surface area (TPSA) is 72.5 Å². The molecule has 0 bridgehead atoms. The third-order valence-electron chi connectivity index (χ3n) is 6.33. The molecular formula is C29H43ClO7Si. The molecule has 0 aromatic heterocycles. The number of benzene rings is 2. The van der Waals surface area contributed by atoms with Crippen molar-refractivity contribution < 1.29 is 32.9 Å². The molecule has 7 nitrogen and oxygen atoms in total. The molecule has 0 aliphatic rings. The van der Waals surface area contributed by atoms with E-state index in [-0.39, 0.29) is 10.8 Å². The first-order chi connectivity index (χ1) is 18.1. The average Bonchev–Trinajstić information content (AvgIpc) is 2.88. The van der Waals surface area contributed by atoms with Gasteiger partial charge in [-0.15, -0.1) is 0 Å². The smallest absolute Gasteiger partial charge is 0.193 e. The highest BCUT2D eigenvalue weighted by atomic mass is 35.5. The fraction of sp³-hybridized carbons (Fsp3) is 0.552. The zero-order chi connectivity index (χ0) is 27.9. The Labute approximate surface area is 233 Å². The molecule has 0 amide bonds. The van der Waals surface area contributed by atoms with Crippen LogP contribution in [0, 0.1) is 0 Å². The van der Waals surface area contributed by atoms with Gasteiger partial charge < -0.3 is 28.1 Å². The average molecular weight is 567 g/mol. The number of rotatable bonds is 19. The SMILES string of the molecule is CC(C)(C)[Si](C)(C)OCCOCCOCCOCCOCCOc1ccc(C(=O)c2ccc(Cl)cc2)cc1. The second-order valence-electron chi connectivity index (χ2n) is 10.3. The van der Waals surface area contributed by atoms with Gasteiger partial charge in [0.05, 0.1) is 59.5 Å². The first-order valence-corrected chi connectivity index (χ1v) is 16.4. The van der Waals surface area contributed by atoms with Crippen molar-refractivity contribution in [3.8, 4) is 5.75 Å². The van der Waals surface area contributed by atoms with E-state index in [1.165, 1.54) is 0 Å². The lowest BCUT2D eigenvalue weighted by Crippen LogP contribution is -2.41. The summed E-state index contributed by atoms with van der Waals surface area (Å²) in [6.07, 6.45) is 0. The molecule has 9 heteroatoms. The summed E-state index contributed by atoms with van der Waals surface area (Å²) in [5.74, 6) is 0.625. The quantitative estimate of drug-likeness (QED) is 0.117. The Balaban J connectivity index is 1.40. The van der Waals surface area contributed by atoms with Gasteiger partial charge in [-0.25, -0.2) is 0 Å². The summed E-state index contributed by atoms with van der Waals surface area (Å²) in [6.45, 7) is 16.3. The second kappa shape index (κ2) is 17.0. The Bertz CT molecular complexity index is 927. The second-order valence-corrected chi connectivity index (χ2v) is 15.5. The van der Waals surface area contributed by atoms with Gasteiger partial charge >= 0.3 is 0 Å². The largest absolute Gasteiger partial charge is 0.491 e. The van der Waals surface area contributed by atoms with Gasteiger partial charge in [0, 0.05) is 16.1 Å². The molecule has 0 heterocycles. The van der Waals surface area contributed by atoms with Crippen molar-refractivity contribution in [1.29, 1.82) is 0 Å². The first-order valence-electron chi connectivity index (χ1n) is 13.1. The molecule has 0 saturated carbocycles. The standard InChI is InChI=1S/C29H43ClO7Si/c1-29(2,3)38(4,5)37-23-21-35-19-17-33-15-14-32-16-18-34-20-22-36-27-12-8-25(9-13-27)28(31)24-6-10-26(30)11-7-24/h6-13H,14-23H2,1-5H3. The first kappa shape index (κ1) is 32.4. The van der Waals surface area contributed by atoms with Gasteiger partial charge in [0.1, 0.15) is 12.4 Å². The predicted octanol–water partition coefficient (Wildman–Crippen LogP) is 6.04. The highest BCUT2D eigenvalue weighted by molar-refractivity contribution is 6.74. The van der Waals surface area contributed by atoms with E-state index < -0.39 is 8.32 Å². The molecule has 2 rings (SSSR count). The van der Waals surface area contributed by atoms with Crippen LogP contribution in [0.25, 0.3) is 0 Å². The number of carbonyl (C=O) groups excluding carboxylic acids is 1. The Hall–Kier alpha value is -1.78. The van der Waals surface area contributed by atoms with Crippen molar-refractivity contribution in [2.24, 2.45) is 0 Å². The highest BCUT2D eigenvalue weighted by Gasteiger charge is 2.36. The van der Waals surface area contributed by atoms with E-state index in [1.807, 2.05) is 0 Å². The maximum Gasteiger partial charge on any atom is 0.193 e. The van der Waals surface area contributed by atoms with Crippen LogP contribution in [0.5, 0.6) is 5.75 Å². The summed E-state index contributed by atoms with van der Waals surface area (Å²) < 4.78 is 33.9. The van der Waals surface area contributed by atoms with Gasteiger partial charge in [-0.3, -0.25) is 4.79 Å². The van der Waals surface area contributed by atoms with Gasteiger partial charge in [0.15, 0.2) is 14.1 Å². The summed E-state index contributed by atoms with van der Waals surface area (Å²) in [6, 6.07) is 13.9. The Morgan fingerprint density at radius 3 is 1.50 bits per heavy atom. The molecule has 2 aromatic rings. The van der Waals surface area contributed by atoms with Gasteiger partial charge in [0.2, 0.25) is 0 Å². The molecule has 38 heavy (non-hydrogen) atoms. The number of halogens is 1. The van der Waals surface area contributed by atoms with Crippen molar-refractivity contribution >= 4 is 25.7 Å². The maximum atomic E-state index is 12.5. The minimum atomic E-state index is -1.70. The molecular weight excluding hydrogens is 524 g/mol. The fourth-order valence-electron chi connectivity index (χ4n) is 3.02. The van der Waals surface area contributed by atoms with Crippen molar-refractivity contribution in [3.63, 3.8) is 0 Å². The Kier molecular flexibility index (Phi) is 14.5. The molecule has 0 atom stereocenters. The molecule has 0 radical (unpaired) electrons. The lowest BCUT2D eigenvalue weighted by Gasteiger charge is -2.36. The maximum absolute atomic E-state index is 12.5. The van der Waals surface area contributed by atoms with E-state index in [1.54, 1.807) is 48.5 Å². The summed E-state index contributed by atoms with van der Waals surface area (Å²) in [5, 5.41) is 0.815. The monoisotopic (exact) mass is 566 g/mol. The van der Waals surface area contributed by atoms with E-state index in [0.717, 1.165) is 0 Å². The summed E-state index contributed by atoms with van der Waals surface area (Å²) in [7, 11) is -1.70. The van der Waals surface area contributed by atoms with E-state index in [0.29, 0.717) is 88.0 Å². The normalized spacial score (nSPS) is 12.1. The summed E-state index contributed by atoms with van der Waals surface area (Å²) in [5.41, 5.74) is 1.19. The number of hydrogen-bond acceptors (Lipinski definition) is 7. The zero-order valence-corrected chi connectivity index (χ0v) is 25.2. The molecule has 2 aromatic carbocycles. The van der Waals surface area contributed by atoms with Crippen LogP contribution < -0.4 is 4.74 Å². The summed E-state index contributed by atoms with van der Waals surface area (Å²) >= 11 is 5.88. The molecule has 0 aliphatic heterocycles. The predicted molar refractivity (Wildman–Crippen MR) is 153 cm³/mol. The molecule has 0 aliphatic carbocycles. The minimum absolute atomic E-state index is 0.0575. The Morgan fingerprint density at radius 1 is 0.658 bits per heavy atom. The fourth-order valence-corrected chi connectivity index (χ4v) is 4.18. The zero-order valence-electron chi connectivity index (χ0n) is 23.4. The van der Waals surface area contributed by atoms with Gasteiger partial charge in [-0.2, -0.15) is 0 Å². The third kappa shape index (κ3) is 12.4. The van der Waals surface area contributed by atoms with Crippen LogP contribution in [0.4, 0.5) is 0 Å². The number of ketones is 1. The molecule has 212 valence electrons.